The molecule has 0 radical (unpaired) electrons. The number of para-hydroxylation sites is 1. The number of fused-ring (bicyclic) bond motifs is 4. The number of aromatic amines is 1. The van der Waals surface area contributed by atoms with Crippen molar-refractivity contribution in [1.29, 1.82) is 0 Å². The lowest BCUT2D eigenvalue weighted by atomic mass is 9.87. The molecule has 0 fully saturated rings. The van der Waals surface area contributed by atoms with E-state index in [-0.39, 0.29) is 18.1 Å². The highest BCUT2D eigenvalue weighted by Crippen LogP contribution is 2.41. The van der Waals surface area contributed by atoms with Gasteiger partial charge in [0.25, 0.3) is 0 Å². The van der Waals surface area contributed by atoms with Crippen LogP contribution in [0.2, 0.25) is 5.02 Å². The minimum atomic E-state index is -0.378. The predicted molar refractivity (Wildman–Crippen MR) is 162 cm³/mol. The highest BCUT2D eigenvalue weighted by Gasteiger charge is 2.41. The summed E-state index contributed by atoms with van der Waals surface area (Å²) in [7, 11) is 1.48. The van der Waals surface area contributed by atoms with Gasteiger partial charge in [-0.15, -0.1) is 0 Å². The van der Waals surface area contributed by atoms with Gasteiger partial charge in [-0.1, -0.05) is 61.0 Å². The second-order valence-corrected chi connectivity index (χ2v) is 10.8. The van der Waals surface area contributed by atoms with Crippen molar-refractivity contribution in [3.8, 4) is 0 Å². The van der Waals surface area contributed by atoms with Crippen molar-refractivity contribution in [3.05, 3.63) is 106 Å². The molecule has 2 unspecified atom stereocenters. The second kappa shape index (κ2) is 11.3. The van der Waals surface area contributed by atoms with Crippen LogP contribution < -0.4 is 5.32 Å². The normalized spacial score (nSPS) is 17.2. The zero-order valence-electron chi connectivity index (χ0n) is 22.8. The van der Waals surface area contributed by atoms with E-state index in [4.69, 9.17) is 16.3 Å². The fourth-order valence-electron chi connectivity index (χ4n) is 6.02. The van der Waals surface area contributed by atoms with Crippen LogP contribution >= 0.6 is 11.6 Å². The Hall–Kier alpha value is -3.87. The lowest BCUT2D eigenvalue weighted by molar-refractivity contribution is -0.148. The molecular weight excluding hydrogens is 520 g/mol. The first-order valence-electron chi connectivity index (χ1n) is 13.9. The Morgan fingerprint density at radius 2 is 1.93 bits per heavy atom. The van der Waals surface area contributed by atoms with Crippen LogP contribution in [-0.4, -0.2) is 47.1 Å². The maximum absolute atomic E-state index is 13.2. The number of aromatic nitrogens is 2. The largest absolute Gasteiger partial charge is 0.468 e. The Morgan fingerprint density at radius 1 is 1.10 bits per heavy atom. The molecular formula is C33H33ClN4O2. The van der Waals surface area contributed by atoms with E-state index in [1.807, 2.05) is 30.3 Å². The lowest BCUT2D eigenvalue weighted by Gasteiger charge is -2.41. The molecule has 1 aliphatic rings. The van der Waals surface area contributed by atoms with Crippen molar-refractivity contribution in [1.82, 2.24) is 14.9 Å². The fraction of sp³-hybridized carbons (Fsp3) is 0.273. The number of methoxy groups -OCH3 is 1. The van der Waals surface area contributed by atoms with Crippen molar-refractivity contribution in [2.24, 2.45) is 0 Å². The maximum atomic E-state index is 13.2. The van der Waals surface area contributed by atoms with E-state index < -0.39 is 0 Å². The first kappa shape index (κ1) is 26.4. The number of anilines is 1. The predicted octanol–water partition coefficient (Wildman–Crippen LogP) is 6.92. The molecule has 3 heterocycles. The van der Waals surface area contributed by atoms with Crippen LogP contribution in [0.25, 0.3) is 21.8 Å². The third-order valence-corrected chi connectivity index (χ3v) is 8.27. The number of esters is 1. The monoisotopic (exact) mass is 552 g/mol. The number of H-pyrrole nitrogens is 1. The number of nitrogens with zero attached hydrogens (tertiary/aromatic N) is 2. The molecule has 3 aromatic carbocycles. The number of aryl methyl sites for hydroxylation is 1. The van der Waals surface area contributed by atoms with E-state index in [0.29, 0.717) is 11.4 Å². The number of rotatable bonds is 8. The Bertz CT molecular complexity index is 1660. The number of hydrogen-bond donors (Lipinski definition) is 2. The molecule has 2 aromatic heterocycles. The van der Waals surface area contributed by atoms with Crippen LogP contribution in [0, 0.1) is 0 Å². The fourth-order valence-corrected chi connectivity index (χ4v) is 6.19. The summed E-state index contributed by atoms with van der Waals surface area (Å²) < 4.78 is 5.35. The number of benzene rings is 3. The topological polar surface area (TPSA) is 70.2 Å². The van der Waals surface area contributed by atoms with Gasteiger partial charge in [-0.2, -0.15) is 0 Å². The minimum Gasteiger partial charge on any atom is -0.468 e. The van der Waals surface area contributed by atoms with Crippen LogP contribution in [0.5, 0.6) is 0 Å². The van der Waals surface area contributed by atoms with Gasteiger partial charge in [0.2, 0.25) is 0 Å². The molecule has 6 nitrogen and oxygen atoms in total. The van der Waals surface area contributed by atoms with Crippen molar-refractivity contribution in [2.45, 2.75) is 38.3 Å². The summed E-state index contributed by atoms with van der Waals surface area (Å²) in [4.78, 5) is 23.7. The quantitative estimate of drug-likeness (QED) is 0.161. The van der Waals surface area contributed by atoms with Gasteiger partial charge in [0, 0.05) is 58.4 Å². The van der Waals surface area contributed by atoms with E-state index >= 15 is 0 Å². The molecule has 0 saturated carbocycles. The van der Waals surface area contributed by atoms with E-state index in [2.05, 4.69) is 69.6 Å². The molecule has 0 spiro atoms. The highest BCUT2D eigenvalue weighted by molar-refractivity contribution is 6.31. The zero-order chi connectivity index (χ0) is 27.6. The molecule has 0 amide bonds. The summed E-state index contributed by atoms with van der Waals surface area (Å²) in [5, 5.41) is 6.46. The molecule has 0 bridgehead atoms. The Kier molecular flexibility index (Phi) is 7.46. The number of nitrogens with one attached hydrogen (secondary N) is 2. The Labute approximate surface area is 239 Å². The van der Waals surface area contributed by atoms with Crippen LogP contribution in [-0.2, 0) is 22.4 Å². The van der Waals surface area contributed by atoms with Crippen molar-refractivity contribution < 1.29 is 9.53 Å². The number of halogens is 1. The van der Waals surface area contributed by atoms with Gasteiger partial charge in [-0.05, 0) is 59.9 Å². The van der Waals surface area contributed by atoms with Crippen LogP contribution in [0.1, 0.15) is 41.8 Å². The summed E-state index contributed by atoms with van der Waals surface area (Å²) in [6.07, 6.45) is 4.23. The Morgan fingerprint density at radius 3 is 2.73 bits per heavy atom. The summed E-state index contributed by atoms with van der Waals surface area (Å²) in [5.74, 6) is -0.198. The van der Waals surface area contributed by atoms with E-state index in [1.54, 1.807) is 6.20 Å². The first-order valence-corrected chi connectivity index (χ1v) is 14.2. The number of carbonyl (C=O) groups excluding carboxylic acids is 1. The molecule has 204 valence electrons. The zero-order valence-corrected chi connectivity index (χ0v) is 23.5. The summed E-state index contributed by atoms with van der Waals surface area (Å²) in [6, 6.07) is 24.4. The summed E-state index contributed by atoms with van der Waals surface area (Å²) in [6.45, 7) is 3.63. The molecule has 6 rings (SSSR count). The van der Waals surface area contributed by atoms with Crippen LogP contribution in [0.15, 0.2) is 79.0 Å². The van der Waals surface area contributed by atoms with E-state index in [9.17, 15) is 4.79 Å². The third-order valence-electron chi connectivity index (χ3n) is 8.04. The molecule has 40 heavy (non-hydrogen) atoms. The van der Waals surface area contributed by atoms with Gasteiger partial charge in [0.15, 0.2) is 0 Å². The summed E-state index contributed by atoms with van der Waals surface area (Å²) in [5.41, 5.74) is 7.81. The van der Waals surface area contributed by atoms with E-state index in [0.717, 1.165) is 53.7 Å². The Balaban J connectivity index is 1.32. The SMILES string of the molecule is CCc1ccc(C2c3[nH]c4ccccc4c3CC(C(=O)OC)N2CCCNc2ccnc3cc(Cl)ccc23)cc1. The van der Waals surface area contributed by atoms with Crippen molar-refractivity contribution in [3.63, 3.8) is 0 Å². The van der Waals surface area contributed by atoms with Gasteiger partial charge in [-0.3, -0.25) is 14.7 Å². The second-order valence-electron chi connectivity index (χ2n) is 10.3. The van der Waals surface area contributed by atoms with Crippen molar-refractivity contribution >= 4 is 45.1 Å². The number of ether oxygens (including phenoxy) is 1. The average molecular weight is 553 g/mol. The molecule has 5 aromatic rings. The molecule has 0 aliphatic carbocycles. The molecule has 7 heteroatoms. The van der Waals surface area contributed by atoms with Crippen LogP contribution in [0.4, 0.5) is 5.69 Å². The molecule has 2 atom stereocenters. The van der Waals surface area contributed by atoms with E-state index in [1.165, 1.54) is 29.2 Å². The van der Waals surface area contributed by atoms with Gasteiger partial charge in [-0.25, -0.2) is 0 Å². The van der Waals surface area contributed by atoms with Crippen molar-refractivity contribution in [2.75, 3.05) is 25.5 Å². The van der Waals surface area contributed by atoms with Gasteiger partial charge in [0.1, 0.15) is 6.04 Å². The molecule has 1 aliphatic heterocycles. The number of carbonyl (C=O) groups is 1. The minimum absolute atomic E-state index is 0.0879. The van der Waals surface area contributed by atoms with Gasteiger partial charge in [0.05, 0.1) is 18.7 Å². The smallest absolute Gasteiger partial charge is 0.323 e. The number of hydrogen-bond acceptors (Lipinski definition) is 5. The lowest BCUT2D eigenvalue weighted by Crippen LogP contribution is -2.49. The standard InChI is InChI=1S/C33H33ClN4O2/c1-3-21-9-11-22(12-10-21)32-31-26(24-7-4-5-8-28(24)37-31)20-30(33(39)40-2)38(32)18-6-16-35-27-15-17-36-29-19-23(34)13-14-25(27)29/h4-5,7-15,17,19,30,32,37H,3,6,16,18,20H2,1-2H3,(H,35,36). The first-order chi connectivity index (χ1) is 19.6. The van der Waals surface area contributed by atoms with Gasteiger partial charge < -0.3 is 15.0 Å². The van der Waals surface area contributed by atoms with Gasteiger partial charge >= 0.3 is 5.97 Å². The molecule has 0 saturated heterocycles. The molecule has 2 N–H and O–H groups in total. The number of pyridine rings is 1. The third kappa shape index (κ3) is 4.93. The highest BCUT2D eigenvalue weighted by atomic mass is 35.5. The summed E-state index contributed by atoms with van der Waals surface area (Å²) >= 11 is 6.17. The average Bonchev–Trinajstić information content (AvgIpc) is 3.36. The van der Waals surface area contributed by atoms with Crippen LogP contribution in [0.3, 0.4) is 0 Å². The maximum Gasteiger partial charge on any atom is 0.323 e.